The van der Waals surface area contributed by atoms with E-state index in [1.165, 1.54) is 99.4 Å². The van der Waals surface area contributed by atoms with E-state index in [0.717, 1.165) is 22.4 Å². The molecule has 1 aliphatic heterocycles. The normalized spacial score (nSPS) is 12.7. The number of aromatic nitrogens is 3. The Kier molecular flexibility index (Phi) is 12.7. The number of fused-ring (bicyclic) bond motifs is 10. The number of para-hydroxylation sites is 8. The number of hydrogen-bond donors (Lipinski definition) is 0. The van der Waals surface area contributed by atoms with Crippen LogP contribution in [0.3, 0.4) is 0 Å². The van der Waals surface area contributed by atoms with Gasteiger partial charge < -0.3 is 23.9 Å². The molecule has 1 radical (unpaired) electrons. The molecule has 0 bridgehead atoms. The Balaban J connectivity index is 0.000000158. The monoisotopic (exact) mass is 1130 g/mol. The van der Waals surface area contributed by atoms with Gasteiger partial charge in [0.05, 0.1) is 22.1 Å². The fourth-order valence-corrected chi connectivity index (χ4v) is 11.5. The van der Waals surface area contributed by atoms with Crippen LogP contribution >= 0.6 is 0 Å². The Hall–Kier alpha value is -7.28. The average Bonchev–Trinajstić information content (AvgIpc) is 4.16. The van der Waals surface area contributed by atoms with Crippen LogP contribution < -0.4 is 14.8 Å². The fourth-order valence-electron chi connectivity index (χ4n) is 11.5. The average molecular weight is 1130 g/mol. The summed E-state index contributed by atoms with van der Waals surface area (Å²) in [6, 6.07) is 70.4. The Labute approximate surface area is 445 Å². The van der Waals surface area contributed by atoms with Crippen molar-refractivity contribution in [3.05, 3.63) is 223 Å². The molecule has 0 fully saturated rings. The molecule has 4 heterocycles. The number of anilines is 4. The van der Waals surface area contributed by atoms with Gasteiger partial charge in [-0.15, -0.1) is 17.7 Å². The second-order valence-corrected chi connectivity index (χ2v) is 20.8. The van der Waals surface area contributed by atoms with Gasteiger partial charge in [-0.05, 0) is 117 Å². The third-order valence-corrected chi connectivity index (χ3v) is 15.0. The largest absolute Gasteiger partial charge is 0.657 e. The minimum Gasteiger partial charge on any atom is -0.657 e. The third-order valence-electron chi connectivity index (χ3n) is 15.0. The maximum absolute atomic E-state index is 4.99. The van der Waals surface area contributed by atoms with Crippen molar-refractivity contribution in [1.29, 1.82) is 0 Å². The molecule has 13 rings (SSSR count). The fraction of sp³-hybridized carbons (Fsp3) is 0.179. The van der Waals surface area contributed by atoms with Crippen molar-refractivity contribution in [1.82, 2.24) is 14.1 Å². The van der Waals surface area contributed by atoms with E-state index in [9.17, 15) is 0 Å². The van der Waals surface area contributed by atoms with Crippen molar-refractivity contribution < 1.29 is 22.4 Å². The molecule has 0 spiro atoms. The number of hydrogen-bond acceptors (Lipinski definition) is 2. The number of rotatable bonds is 8. The molecular formula is C67H61AuN5-2. The van der Waals surface area contributed by atoms with E-state index in [1.54, 1.807) is 0 Å². The molecule has 0 saturated carbocycles. The molecule has 0 atom stereocenters. The molecule has 9 aromatic carbocycles. The second-order valence-electron chi connectivity index (χ2n) is 20.8. The SMILES string of the molecule is CC(C)c1cccc(C(C)C)c1N1[CH-]N(c2c(C(C)C)cccc2C(C)C)c2ccccc21.[Au].c1ccc2c(c1)c1ccccc1n2-c1ccc2[n-]c3ccc(-n4c5ccccc5c5ccccc54)cc3c2c1. The molecule has 1 aliphatic rings. The molecule has 73 heavy (non-hydrogen) atoms. The van der Waals surface area contributed by atoms with Gasteiger partial charge in [0.2, 0.25) is 0 Å². The van der Waals surface area contributed by atoms with Crippen LogP contribution in [0.5, 0.6) is 0 Å². The molecule has 0 N–H and O–H groups in total. The van der Waals surface area contributed by atoms with E-state index in [4.69, 9.17) is 4.98 Å². The zero-order valence-corrected chi connectivity index (χ0v) is 45.1. The summed E-state index contributed by atoms with van der Waals surface area (Å²) < 4.78 is 4.75. The minimum atomic E-state index is 0. The van der Waals surface area contributed by atoms with Crippen molar-refractivity contribution in [2.24, 2.45) is 0 Å². The summed E-state index contributed by atoms with van der Waals surface area (Å²) >= 11 is 0. The molecule has 0 saturated heterocycles. The van der Waals surface area contributed by atoms with Crippen LogP contribution in [0.15, 0.2) is 194 Å². The van der Waals surface area contributed by atoms with E-state index >= 15 is 0 Å². The van der Waals surface area contributed by atoms with Gasteiger partial charge in [0, 0.05) is 78.0 Å². The summed E-state index contributed by atoms with van der Waals surface area (Å²) in [5.74, 6) is 1.79. The standard InChI is InChI=1S/C36H22N3.C31H39N2.Au/c1-5-13-33-25(9-1)26-10-2-6-14-34(26)38(33)23-17-19-31-29(21-23)30-22-24(18-20-32(30)37-31)39-35-15-7-3-11-27(35)28-12-4-8-16-36(28)39;1-20(2)24-13-11-14-25(21(3)4)30(24)32-19-33(29-18-10-9-17-28(29)32)31-26(22(5)6)15-12-16-27(31)23(7)8;/h1-22H;9-23H,1-8H3;/q2*-1;. The maximum atomic E-state index is 4.99. The van der Waals surface area contributed by atoms with Crippen molar-refractivity contribution in [2.75, 3.05) is 9.80 Å². The summed E-state index contributed by atoms with van der Waals surface area (Å²) in [6.07, 6.45) is 0. The summed E-state index contributed by atoms with van der Waals surface area (Å²) in [7, 11) is 0. The molecule has 12 aromatic rings. The first-order valence-electron chi connectivity index (χ1n) is 25.8. The number of nitrogens with zero attached hydrogens (tertiary/aromatic N) is 5. The van der Waals surface area contributed by atoms with Gasteiger partial charge in [-0.1, -0.05) is 189 Å². The van der Waals surface area contributed by atoms with E-state index in [2.05, 4.69) is 275 Å². The van der Waals surface area contributed by atoms with Crippen LogP contribution in [0.25, 0.3) is 76.8 Å². The Morgan fingerprint density at radius 3 is 0.945 bits per heavy atom. The Bertz CT molecular complexity index is 3600. The van der Waals surface area contributed by atoms with Crippen LogP contribution in [-0.2, 0) is 22.4 Å². The van der Waals surface area contributed by atoms with Gasteiger partial charge in [0.25, 0.3) is 0 Å². The smallest absolute Gasteiger partial charge is 0.0541 e. The number of benzene rings is 9. The van der Waals surface area contributed by atoms with Crippen molar-refractivity contribution in [3.63, 3.8) is 0 Å². The van der Waals surface area contributed by atoms with Crippen LogP contribution in [0.1, 0.15) is 101 Å². The van der Waals surface area contributed by atoms with Crippen LogP contribution in [-0.4, -0.2) is 9.13 Å². The van der Waals surface area contributed by atoms with E-state index in [-0.39, 0.29) is 22.4 Å². The second kappa shape index (κ2) is 19.3. The maximum Gasteiger partial charge on any atom is 0.0541 e. The van der Waals surface area contributed by atoms with E-state index < -0.39 is 0 Å². The Morgan fingerprint density at radius 2 is 0.630 bits per heavy atom. The predicted molar refractivity (Wildman–Crippen MR) is 308 cm³/mol. The van der Waals surface area contributed by atoms with Gasteiger partial charge in [-0.3, -0.25) is 0 Å². The summed E-state index contributed by atoms with van der Waals surface area (Å²) in [4.78, 5) is 9.88. The molecule has 3 aromatic heterocycles. The van der Waals surface area contributed by atoms with Gasteiger partial charge in [0.1, 0.15) is 0 Å². The molecule has 5 nitrogen and oxygen atoms in total. The van der Waals surface area contributed by atoms with E-state index in [0.29, 0.717) is 23.7 Å². The van der Waals surface area contributed by atoms with Crippen LogP contribution in [0, 0.1) is 6.67 Å². The zero-order chi connectivity index (χ0) is 49.4. The zero-order valence-electron chi connectivity index (χ0n) is 42.9. The topological polar surface area (TPSA) is 30.4 Å². The first-order valence-corrected chi connectivity index (χ1v) is 25.8. The Morgan fingerprint density at radius 1 is 0.329 bits per heavy atom. The first kappa shape index (κ1) is 48.0. The first-order chi connectivity index (χ1) is 35.1. The molecular weight excluding hydrogens is 1070 g/mol. The van der Waals surface area contributed by atoms with Gasteiger partial charge >= 0.3 is 0 Å². The van der Waals surface area contributed by atoms with Crippen LogP contribution in [0.2, 0.25) is 0 Å². The van der Waals surface area contributed by atoms with Crippen molar-refractivity contribution in [3.8, 4) is 11.4 Å². The van der Waals surface area contributed by atoms with E-state index in [1.807, 2.05) is 0 Å². The summed E-state index contributed by atoms with van der Waals surface area (Å²) in [6.45, 7) is 20.7. The molecule has 0 unspecified atom stereocenters. The molecule has 0 amide bonds. The van der Waals surface area contributed by atoms with Gasteiger partial charge in [-0.2, -0.15) is 0 Å². The molecule has 367 valence electrons. The summed E-state index contributed by atoms with van der Waals surface area (Å²) in [5.41, 5.74) is 20.0. The van der Waals surface area contributed by atoms with Gasteiger partial charge in [0.15, 0.2) is 0 Å². The van der Waals surface area contributed by atoms with Crippen molar-refractivity contribution in [2.45, 2.75) is 79.1 Å². The van der Waals surface area contributed by atoms with Gasteiger partial charge in [-0.25, -0.2) is 0 Å². The van der Waals surface area contributed by atoms with Crippen molar-refractivity contribution >= 4 is 88.2 Å². The third kappa shape index (κ3) is 8.06. The minimum absolute atomic E-state index is 0. The molecule has 6 heteroatoms. The predicted octanol–water partition coefficient (Wildman–Crippen LogP) is 18.7. The van der Waals surface area contributed by atoms with Crippen LogP contribution in [0.4, 0.5) is 22.7 Å². The quantitative estimate of drug-likeness (QED) is 0.112. The summed E-state index contributed by atoms with van der Waals surface area (Å²) in [5, 5.41) is 7.43. The molecule has 0 aliphatic carbocycles.